The summed E-state index contributed by atoms with van der Waals surface area (Å²) in [4.78, 5) is 8.76. The number of nitrogens with zero attached hydrogens (tertiary/aromatic N) is 2. The normalized spacial score (nSPS) is 22.1. The summed E-state index contributed by atoms with van der Waals surface area (Å²) in [5.41, 5.74) is 9.31. The number of hydrogen-bond donors (Lipinski definition) is 2. The van der Waals surface area contributed by atoms with Crippen molar-refractivity contribution in [2.24, 2.45) is 15.7 Å². The molecule has 0 amide bonds. The Morgan fingerprint density at radius 3 is 2.94 bits per heavy atom. The van der Waals surface area contributed by atoms with E-state index in [2.05, 4.69) is 9.98 Å². The topological polar surface area (TPSA) is 74.6 Å². The summed E-state index contributed by atoms with van der Waals surface area (Å²) >= 11 is 0. The van der Waals surface area contributed by atoms with Crippen LogP contribution in [0.5, 0.6) is 0 Å². The minimum atomic E-state index is -0.150. The van der Waals surface area contributed by atoms with E-state index in [1.807, 2.05) is 24.3 Å². The molecule has 84 valence electrons. The van der Waals surface area contributed by atoms with E-state index in [4.69, 9.17) is 11.1 Å². The number of amidine groups is 1. The smallest absolute Gasteiger partial charge is 0.127 e. The Hall–Kier alpha value is -2.23. The highest BCUT2D eigenvalue weighted by molar-refractivity contribution is 6.05. The van der Waals surface area contributed by atoms with Crippen LogP contribution in [0.15, 0.2) is 46.0 Å². The molecule has 3 N–H and O–H groups in total. The van der Waals surface area contributed by atoms with E-state index in [-0.39, 0.29) is 6.04 Å². The first-order chi connectivity index (χ1) is 8.25. The lowest BCUT2D eigenvalue weighted by atomic mass is 9.99. The molecule has 0 fully saturated rings. The zero-order chi connectivity index (χ0) is 11.8. The van der Waals surface area contributed by atoms with Gasteiger partial charge in [0.05, 0.1) is 5.70 Å². The number of hydrogen-bond acceptors (Lipinski definition) is 4. The Morgan fingerprint density at radius 1 is 1.29 bits per heavy atom. The maximum Gasteiger partial charge on any atom is 0.127 e. The fourth-order valence-corrected chi connectivity index (χ4v) is 2.15. The van der Waals surface area contributed by atoms with Crippen LogP contribution in [0.2, 0.25) is 0 Å². The van der Waals surface area contributed by atoms with Gasteiger partial charge in [0.1, 0.15) is 11.9 Å². The Bertz CT molecular complexity index is 581. The second-order valence-corrected chi connectivity index (χ2v) is 4.11. The summed E-state index contributed by atoms with van der Waals surface area (Å²) < 4.78 is 0. The predicted octanol–water partition coefficient (Wildman–Crippen LogP) is 1.82. The average molecular weight is 224 g/mol. The van der Waals surface area contributed by atoms with Crippen LogP contribution in [0.1, 0.15) is 23.6 Å². The van der Waals surface area contributed by atoms with Crippen LogP contribution < -0.4 is 5.73 Å². The standard InChI is InChI=1S/C13H12N4/c14-8-5-6-16-11(7-8)12-9-3-1-2-4-10(9)13(15)17-12/h1-4,6-7,12,14H,5H2,(H2,15,17). The van der Waals surface area contributed by atoms with Gasteiger partial charge in [-0.15, -0.1) is 0 Å². The van der Waals surface area contributed by atoms with Crippen molar-refractivity contribution < 1.29 is 0 Å². The third-order valence-electron chi connectivity index (χ3n) is 2.95. The Morgan fingerprint density at radius 2 is 2.12 bits per heavy atom. The summed E-state index contributed by atoms with van der Waals surface area (Å²) in [6.45, 7) is 0. The van der Waals surface area contributed by atoms with Gasteiger partial charge in [-0.2, -0.15) is 0 Å². The molecule has 2 aliphatic heterocycles. The van der Waals surface area contributed by atoms with Crippen LogP contribution in [0.25, 0.3) is 0 Å². The van der Waals surface area contributed by atoms with Crippen molar-refractivity contribution in [3.05, 3.63) is 47.2 Å². The quantitative estimate of drug-likeness (QED) is 0.750. The average Bonchev–Trinajstić information content (AvgIpc) is 2.68. The third kappa shape index (κ3) is 1.58. The molecule has 2 aliphatic rings. The van der Waals surface area contributed by atoms with Crippen molar-refractivity contribution in [2.75, 3.05) is 0 Å². The van der Waals surface area contributed by atoms with Gasteiger partial charge < -0.3 is 11.1 Å². The first-order valence-corrected chi connectivity index (χ1v) is 5.50. The summed E-state index contributed by atoms with van der Waals surface area (Å²) in [6.07, 6.45) is 4.13. The Balaban J connectivity index is 2.07. The first kappa shape index (κ1) is 9.96. The molecule has 0 bridgehead atoms. The SMILES string of the molecule is N=C1C=C(C2N=C(N)c3ccccc32)N=CC1. The molecule has 0 spiro atoms. The molecule has 3 rings (SSSR count). The van der Waals surface area contributed by atoms with Gasteiger partial charge in [0.2, 0.25) is 0 Å². The second kappa shape index (κ2) is 3.66. The number of nitrogens with two attached hydrogens (primary N) is 1. The van der Waals surface area contributed by atoms with Crippen molar-refractivity contribution in [3.63, 3.8) is 0 Å². The van der Waals surface area contributed by atoms with Gasteiger partial charge >= 0.3 is 0 Å². The van der Waals surface area contributed by atoms with E-state index in [1.54, 1.807) is 12.3 Å². The summed E-state index contributed by atoms with van der Waals surface area (Å²) in [5.74, 6) is 0.554. The lowest BCUT2D eigenvalue weighted by Crippen LogP contribution is -2.09. The van der Waals surface area contributed by atoms with E-state index in [1.165, 1.54) is 0 Å². The fourth-order valence-electron chi connectivity index (χ4n) is 2.15. The van der Waals surface area contributed by atoms with Gasteiger partial charge in [0.15, 0.2) is 0 Å². The number of aliphatic imine (C=N–C) groups is 2. The third-order valence-corrected chi connectivity index (χ3v) is 2.95. The molecule has 1 aromatic carbocycles. The number of nitrogens with one attached hydrogen (secondary N) is 1. The molecule has 17 heavy (non-hydrogen) atoms. The second-order valence-electron chi connectivity index (χ2n) is 4.11. The van der Waals surface area contributed by atoms with E-state index in [0.29, 0.717) is 18.0 Å². The van der Waals surface area contributed by atoms with Crippen molar-refractivity contribution in [1.29, 1.82) is 5.41 Å². The van der Waals surface area contributed by atoms with Crippen LogP contribution >= 0.6 is 0 Å². The molecule has 0 saturated heterocycles. The highest BCUT2D eigenvalue weighted by Crippen LogP contribution is 2.35. The highest BCUT2D eigenvalue weighted by Gasteiger charge is 2.26. The lowest BCUT2D eigenvalue weighted by molar-refractivity contribution is 0.854. The van der Waals surface area contributed by atoms with Gasteiger partial charge in [-0.1, -0.05) is 24.3 Å². The zero-order valence-corrected chi connectivity index (χ0v) is 9.22. The maximum absolute atomic E-state index is 7.67. The molecule has 0 saturated carbocycles. The highest BCUT2D eigenvalue weighted by atomic mass is 15.0. The molecule has 1 unspecified atom stereocenters. The van der Waals surface area contributed by atoms with E-state index in [9.17, 15) is 0 Å². The number of allylic oxidation sites excluding steroid dienone is 1. The molecule has 0 aromatic heterocycles. The first-order valence-electron chi connectivity index (χ1n) is 5.50. The minimum Gasteiger partial charge on any atom is -0.383 e. The summed E-state index contributed by atoms with van der Waals surface area (Å²) in [7, 11) is 0. The van der Waals surface area contributed by atoms with Gasteiger partial charge in [0.25, 0.3) is 0 Å². The Kier molecular flexibility index (Phi) is 2.14. The fraction of sp³-hybridized carbons (Fsp3) is 0.154. The van der Waals surface area contributed by atoms with Crippen molar-refractivity contribution >= 4 is 17.8 Å². The monoisotopic (exact) mass is 224 g/mol. The number of rotatable bonds is 1. The lowest BCUT2D eigenvalue weighted by Gasteiger charge is -2.13. The predicted molar refractivity (Wildman–Crippen MR) is 68.8 cm³/mol. The minimum absolute atomic E-state index is 0.150. The van der Waals surface area contributed by atoms with Gasteiger partial charge in [-0.05, 0) is 11.6 Å². The molecule has 0 aliphatic carbocycles. The van der Waals surface area contributed by atoms with Crippen LogP contribution in [-0.2, 0) is 0 Å². The molecule has 2 heterocycles. The molecule has 4 heteroatoms. The van der Waals surface area contributed by atoms with Gasteiger partial charge in [-0.3, -0.25) is 9.98 Å². The van der Waals surface area contributed by atoms with Gasteiger partial charge in [0, 0.05) is 23.9 Å². The summed E-state index contributed by atoms with van der Waals surface area (Å²) in [5, 5.41) is 7.67. The summed E-state index contributed by atoms with van der Waals surface area (Å²) in [6, 6.07) is 7.75. The van der Waals surface area contributed by atoms with Gasteiger partial charge in [-0.25, -0.2) is 0 Å². The largest absolute Gasteiger partial charge is 0.383 e. The maximum atomic E-state index is 7.67. The number of benzene rings is 1. The van der Waals surface area contributed by atoms with Crippen molar-refractivity contribution in [2.45, 2.75) is 12.5 Å². The van der Waals surface area contributed by atoms with Crippen LogP contribution in [0.3, 0.4) is 0 Å². The molecule has 0 radical (unpaired) electrons. The van der Waals surface area contributed by atoms with Crippen LogP contribution in [0.4, 0.5) is 0 Å². The van der Waals surface area contributed by atoms with E-state index >= 15 is 0 Å². The Labute approximate surface area is 99.1 Å². The van der Waals surface area contributed by atoms with E-state index < -0.39 is 0 Å². The van der Waals surface area contributed by atoms with Crippen LogP contribution in [-0.4, -0.2) is 17.8 Å². The molecule has 1 atom stereocenters. The number of fused-ring (bicyclic) bond motifs is 1. The van der Waals surface area contributed by atoms with Crippen LogP contribution in [0, 0.1) is 5.41 Å². The molecule has 4 nitrogen and oxygen atoms in total. The van der Waals surface area contributed by atoms with E-state index in [0.717, 1.165) is 16.8 Å². The molecular formula is C13H12N4. The molecule has 1 aromatic rings. The van der Waals surface area contributed by atoms with Crippen molar-refractivity contribution in [1.82, 2.24) is 0 Å². The zero-order valence-electron chi connectivity index (χ0n) is 9.22. The van der Waals surface area contributed by atoms with Crippen molar-refractivity contribution in [3.8, 4) is 0 Å². The molecular weight excluding hydrogens is 212 g/mol.